The van der Waals surface area contributed by atoms with Crippen molar-refractivity contribution in [2.24, 2.45) is 0 Å². The van der Waals surface area contributed by atoms with Crippen molar-refractivity contribution in [1.82, 2.24) is 14.9 Å². The molecule has 2 heterocycles. The second-order valence-electron chi connectivity index (χ2n) is 4.96. The van der Waals surface area contributed by atoms with Crippen molar-refractivity contribution in [3.8, 4) is 0 Å². The van der Waals surface area contributed by atoms with E-state index in [2.05, 4.69) is 14.9 Å². The number of carboxylic acid groups (broad SMARTS) is 1. The Kier molecular flexibility index (Phi) is 3.92. The van der Waals surface area contributed by atoms with E-state index < -0.39 is 12.1 Å². The molecule has 0 bridgehead atoms. The van der Waals surface area contributed by atoms with Crippen molar-refractivity contribution in [2.45, 2.75) is 6.54 Å². The Morgan fingerprint density at radius 1 is 1.13 bits per heavy atom. The molecule has 3 amide bonds. The number of nitrogens with one attached hydrogen (secondary N) is 2. The highest BCUT2D eigenvalue weighted by Crippen LogP contribution is 2.17. The summed E-state index contributed by atoms with van der Waals surface area (Å²) in [5, 5.41) is 13.7. The summed E-state index contributed by atoms with van der Waals surface area (Å²) in [5.41, 5.74) is 2.68. The van der Waals surface area contributed by atoms with E-state index in [9.17, 15) is 9.59 Å². The molecule has 0 saturated heterocycles. The minimum atomic E-state index is -1.40. The summed E-state index contributed by atoms with van der Waals surface area (Å²) in [6.07, 6.45) is 4.18. The summed E-state index contributed by atoms with van der Waals surface area (Å²) in [7, 11) is 0. The lowest BCUT2D eigenvalue weighted by Gasteiger charge is -2.08. The van der Waals surface area contributed by atoms with Crippen LogP contribution in [0.5, 0.6) is 0 Å². The van der Waals surface area contributed by atoms with Crippen LogP contribution in [0.15, 0.2) is 55.0 Å². The number of hydrogen-bond donors (Lipinski definition) is 3. The number of amides is 3. The quantitative estimate of drug-likeness (QED) is 0.693. The Balaban J connectivity index is 1.70. The Morgan fingerprint density at radius 2 is 1.91 bits per heavy atom. The van der Waals surface area contributed by atoms with Crippen molar-refractivity contribution in [2.75, 3.05) is 5.32 Å². The Labute approximate surface area is 131 Å². The lowest BCUT2D eigenvalue weighted by molar-refractivity contribution is 0.194. The van der Waals surface area contributed by atoms with Crippen molar-refractivity contribution in [3.05, 3.63) is 60.6 Å². The van der Waals surface area contributed by atoms with Crippen LogP contribution in [0.3, 0.4) is 0 Å². The monoisotopic (exact) mass is 310 g/mol. The van der Waals surface area contributed by atoms with Gasteiger partial charge in [-0.15, -0.1) is 0 Å². The summed E-state index contributed by atoms with van der Waals surface area (Å²) in [5.74, 6) is 0. The number of hydrogen-bond acceptors (Lipinski definition) is 3. The number of anilines is 1. The molecule has 3 rings (SSSR count). The Morgan fingerprint density at radius 3 is 2.65 bits per heavy atom. The smallest absolute Gasteiger partial charge is 0.412 e. The number of benzene rings is 1. The van der Waals surface area contributed by atoms with Gasteiger partial charge < -0.3 is 15.0 Å². The van der Waals surface area contributed by atoms with E-state index in [1.54, 1.807) is 23.6 Å². The Hall–Kier alpha value is -3.35. The molecule has 0 radical (unpaired) electrons. The predicted octanol–water partition coefficient (Wildman–Crippen LogP) is 2.88. The topological polar surface area (TPSA) is 96.3 Å². The number of fused-ring (bicyclic) bond motifs is 1. The molecule has 7 heteroatoms. The summed E-state index contributed by atoms with van der Waals surface area (Å²) < 4.78 is 2.11. The summed E-state index contributed by atoms with van der Waals surface area (Å²) in [6, 6.07) is 10.4. The number of urea groups is 1. The minimum absolute atomic E-state index is 0.522. The molecule has 23 heavy (non-hydrogen) atoms. The highest BCUT2D eigenvalue weighted by molar-refractivity contribution is 5.98. The van der Waals surface area contributed by atoms with Gasteiger partial charge in [-0.3, -0.25) is 4.98 Å². The lowest BCUT2D eigenvalue weighted by atomic mass is 10.2. The maximum atomic E-state index is 11.3. The largest absolute Gasteiger partial charge is 0.465 e. The molecule has 0 aliphatic heterocycles. The van der Waals surface area contributed by atoms with Crippen LogP contribution < -0.4 is 10.6 Å². The van der Waals surface area contributed by atoms with Gasteiger partial charge in [0.15, 0.2) is 0 Å². The number of imide groups is 1. The first-order valence-electron chi connectivity index (χ1n) is 6.90. The van der Waals surface area contributed by atoms with Crippen molar-refractivity contribution in [3.63, 3.8) is 0 Å². The van der Waals surface area contributed by atoms with Gasteiger partial charge in [0, 0.05) is 36.2 Å². The van der Waals surface area contributed by atoms with E-state index >= 15 is 0 Å². The molecule has 0 saturated carbocycles. The van der Waals surface area contributed by atoms with Crippen LogP contribution in [0.25, 0.3) is 10.9 Å². The molecular weight excluding hydrogens is 296 g/mol. The van der Waals surface area contributed by atoms with E-state index in [-0.39, 0.29) is 0 Å². The number of nitrogens with zero attached hydrogens (tertiary/aromatic N) is 2. The maximum Gasteiger partial charge on any atom is 0.412 e. The van der Waals surface area contributed by atoms with Gasteiger partial charge >= 0.3 is 12.1 Å². The Bertz CT molecular complexity index is 855. The van der Waals surface area contributed by atoms with Gasteiger partial charge in [0.25, 0.3) is 0 Å². The molecule has 116 valence electrons. The van der Waals surface area contributed by atoms with Crippen LogP contribution in [0.1, 0.15) is 5.56 Å². The van der Waals surface area contributed by atoms with Crippen LogP contribution in [-0.4, -0.2) is 26.8 Å². The zero-order valence-corrected chi connectivity index (χ0v) is 12.1. The van der Waals surface area contributed by atoms with Crippen LogP contribution in [-0.2, 0) is 6.54 Å². The fourth-order valence-corrected chi connectivity index (χ4v) is 2.33. The van der Waals surface area contributed by atoms with Crippen molar-refractivity contribution >= 4 is 28.7 Å². The van der Waals surface area contributed by atoms with Crippen molar-refractivity contribution < 1.29 is 14.7 Å². The number of rotatable bonds is 3. The zero-order chi connectivity index (χ0) is 16.2. The molecule has 3 aromatic rings. The van der Waals surface area contributed by atoms with Gasteiger partial charge in [-0.05, 0) is 29.8 Å². The molecule has 0 aliphatic carbocycles. The van der Waals surface area contributed by atoms with E-state index in [4.69, 9.17) is 5.11 Å². The third-order valence-corrected chi connectivity index (χ3v) is 3.36. The number of pyridine rings is 1. The van der Waals surface area contributed by atoms with E-state index in [1.807, 2.05) is 36.7 Å². The molecule has 0 fully saturated rings. The SMILES string of the molecule is O=C(O)NC(=O)Nc1ccc(Cn2ccc3cnccc32)cc1. The highest BCUT2D eigenvalue weighted by Gasteiger charge is 2.06. The molecule has 3 N–H and O–H groups in total. The lowest BCUT2D eigenvalue weighted by Crippen LogP contribution is -2.32. The highest BCUT2D eigenvalue weighted by atomic mass is 16.4. The van der Waals surface area contributed by atoms with E-state index in [1.165, 1.54) is 0 Å². The zero-order valence-electron chi connectivity index (χ0n) is 12.1. The average molecular weight is 310 g/mol. The molecular formula is C16H14N4O3. The van der Waals surface area contributed by atoms with Crippen LogP contribution in [0.4, 0.5) is 15.3 Å². The van der Waals surface area contributed by atoms with Gasteiger partial charge in [0.2, 0.25) is 0 Å². The molecule has 0 atom stereocenters. The maximum absolute atomic E-state index is 11.3. The fraction of sp³-hybridized carbons (Fsp3) is 0.0625. The van der Waals surface area contributed by atoms with Gasteiger partial charge in [0.05, 0.1) is 5.52 Å². The second kappa shape index (κ2) is 6.18. The van der Waals surface area contributed by atoms with Gasteiger partial charge in [-0.1, -0.05) is 12.1 Å². The number of carbonyl (C=O) groups is 2. The summed E-state index contributed by atoms with van der Waals surface area (Å²) in [4.78, 5) is 25.7. The first-order chi connectivity index (χ1) is 11.1. The number of aromatic nitrogens is 2. The standard InChI is InChI=1S/C16H14N4O3/c21-15(19-16(22)23)18-13-3-1-11(2-4-13)10-20-8-6-12-9-17-7-5-14(12)20/h1-9H,10H2,(H,22,23)(H2,18,19,21). The van der Waals surface area contributed by atoms with Gasteiger partial charge in [-0.2, -0.15) is 0 Å². The molecule has 0 spiro atoms. The second-order valence-corrected chi connectivity index (χ2v) is 4.96. The normalized spacial score (nSPS) is 10.4. The summed E-state index contributed by atoms with van der Waals surface area (Å²) in [6.45, 7) is 0.690. The molecule has 7 nitrogen and oxygen atoms in total. The third kappa shape index (κ3) is 3.46. The first kappa shape index (κ1) is 14.6. The fourth-order valence-electron chi connectivity index (χ4n) is 2.33. The van der Waals surface area contributed by atoms with Crippen LogP contribution in [0, 0.1) is 0 Å². The van der Waals surface area contributed by atoms with Crippen LogP contribution in [0.2, 0.25) is 0 Å². The molecule has 2 aromatic heterocycles. The third-order valence-electron chi connectivity index (χ3n) is 3.36. The molecule has 0 unspecified atom stereocenters. The first-order valence-corrected chi connectivity index (χ1v) is 6.90. The molecule has 0 aliphatic rings. The number of carbonyl (C=O) groups excluding carboxylic acids is 1. The van der Waals surface area contributed by atoms with Gasteiger partial charge in [0.1, 0.15) is 0 Å². The van der Waals surface area contributed by atoms with E-state index in [0.29, 0.717) is 12.2 Å². The van der Waals surface area contributed by atoms with E-state index in [0.717, 1.165) is 16.5 Å². The van der Waals surface area contributed by atoms with Crippen LogP contribution >= 0.6 is 0 Å². The summed E-state index contributed by atoms with van der Waals surface area (Å²) >= 11 is 0. The average Bonchev–Trinajstić information content (AvgIpc) is 2.92. The molecule has 1 aromatic carbocycles. The predicted molar refractivity (Wildman–Crippen MR) is 85.5 cm³/mol. The van der Waals surface area contributed by atoms with Crippen molar-refractivity contribution in [1.29, 1.82) is 0 Å². The minimum Gasteiger partial charge on any atom is -0.465 e. The van der Waals surface area contributed by atoms with Gasteiger partial charge in [-0.25, -0.2) is 14.9 Å².